The van der Waals surface area contributed by atoms with Gasteiger partial charge < -0.3 is 15.4 Å². The van der Waals surface area contributed by atoms with Crippen LogP contribution < -0.4 is 15.4 Å². The number of thioether (sulfide) groups is 1. The molecule has 2 N–H and O–H groups in total. The molecule has 2 aromatic rings. The van der Waals surface area contributed by atoms with Crippen molar-refractivity contribution in [2.24, 2.45) is 0 Å². The van der Waals surface area contributed by atoms with Crippen LogP contribution >= 0.6 is 11.8 Å². The lowest BCUT2D eigenvalue weighted by Crippen LogP contribution is -2.18. The van der Waals surface area contributed by atoms with Crippen molar-refractivity contribution >= 4 is 35.0 Å². The van der Waals surface area contributed by atoms with E-state index in [2.05, 4.69) is 10.6 Å². The van der Waals surface area contributed by atoms with Crippen molar-refractivity contribution in [1.82, 2.24) is 0 Å². The summed E-state index contributed by atoms with van der Waals surface area (Å²) in [6.07, 6.45) is 0. The maximum Gasteiger partial charge on any atom is 0.234 e. The lowest BCUT2D eigenvalue weighted by Gasteiger charge is -2.08. The van der Waals surface area contributed by atoms with Gasteiger partial charge in [0.2, 0.25) is 11.8 Å². The van der Waals surface area contributed by atoms with Gasteiger partial charge in [0.1, 0.15) is 5.75 Å². The van der Waals surface area contributed by atoms with Gasteiger partial charge in [-0.2, -0.15) is 0 Å². The van der Waals surface area contributed by atoms with Crippen molar-refractivity contribution in [3.63, 3.8) is 0 Å². The first-order valence-electron chi connectivity index (χ1n) is 8.04. The molecule has 132 valence electrons. The Morgan fingerprint density at radius 1 is 0.960 bits per heavy atom. The monoisotopic (exact) mass is 358 g/mol. The summed E-state index contributed by atoms with van der Waals surface area (Å²) in [6, 6.07) is 14.8. The quantitative estimate of drug-likeness (QED) is 0.755. The molecule has 5 nitrogen and oxygen atoms in total. The molecular formula is C19H22N2O3S. The van der Waals surface area contributed by atoms with Crippen LogP contribution in [0.3, 0.4) is 0 Å². The summed E-state index contributed by atoms with van der Waals surface area (Å²) in [5.74, 6) is 0.952. The molecule has 2 aromatic carbocycles. The Morgan fingerprint density at radius 2 is 1.60 bits per heavy atom. The van der Waals surface area contributed by atoms with E-state index in [9.17, 15) is 9.59 Å². The van der Waals surface area contributed by atoms with Crippen LogP contribution in [0.1, 0.15) is 12.5 Å². The predicted octanol–water partition coefficient (Wildman–Crippen LogP) is 3.70. The van der Waals surface area contributed by atoms with Crippen LogP contribution in [0.15, 0.2) is 48.5 Å². The van der Waals surface area contributed by atoms with E-state index in [0.717, 1.165) is 17.0 Å². The first kappa shape index (κ1) is 18.9. The van der Waals surface area contributed by atoms with Crippen LogP contribution in [0, 0.1) is 6.92 Å². The van der Waals surface area contributed by atoms with E-state index >= 15 is 0 Å². The minimum atomic E-state index is -0.141. The maximum absolute atomic E-state index is 11.9. The Labute approximate surface area is 152 Å². The molecule has 0 heterocycles. The maximum atomic E-state index is 11.9. The lowest BCUT2D eigenvalue weighted by molar-refractivity contribution is -0.114. The average molecular weight is 358 g/mol. The Morgan fingerprint density at radius 3 is 2.24 bits per heavy atom. The summed E-state index contributed by atoms with van der Waals surface area (Å²) in [4.78, 5) is 23.8. The molecule has 0 spiro atoms. The zero-order chi connectivity index (χ0) is 18.1. The number of anilines is 2. The standard InChI is InChI=1S/C19H22N2O3S/c1-3-24-16-10-8-15(9-11-16)20-18(22)12-25-13-19(23)21-17-7-5-4-6-14(17)2/h4-11H,3,12-13H2,1-2H3,(H,20,22)(H,21,23). The molecular weight excluding hydrogens is 336 g/mol. The number of hydrogen-bond donors (Lipinski definition) is 2. The molecule has 0 aromatic heterocycles. The SMILES string of the molecule is CCOc1ccc(NC(=O)CSCC(=O)Nc2ccccc2C)cc1. The summed E-state index contributed by atoms with van der Waals surface area (Å²) in [7, 11) is 0. The van der Waals surface area contributed by atoms with Gasteiger partial charge in [-0.15, -0.1) is 11.8 Å². The molecule has 0 bridgehead atoms. The van der Waals surface area contributed by atoms with E-state index in [1.807, 2.05) is 50.2 Å². The molecule has 0 aliphatic carbocycles. The van der Waals surface area contributed by atoms with E-state index in [0.29, 0.717) is 12.3 Å². The van der Waals surface area contributed by atoms with Crippen LogP contribution in [-0.4, -0.2) is 29.9 Å². The van der Waals surface area contributed by atoms with Crippen LogP contribution in [0.25, 0.3) is 0 Å². The minimum Gasteiger partial charge on any atom is -0.494 e. The topological polar surface area (TPSA) is 67.4 Å². The Balaban J connectivity index is 1.71. The van der Waals surface area contributed by atoms with Crippen molar-refractivity contribution in [2.45, 2.75) is 13.8 Å². The molecule has 2 amide bonds. The van der Waals surface area contributed by atoms with E-state index in [-0.39, 0.29) is 23.3 Å². The zero-order valence-corrected chi connectivity index (χ0v) is 15.2. The number of aryl methyl sites for hydroxylation is 1. The van der Waals surface area contributed by atoms with Crippen molar-refractivity contribution in [3.05, 3.63) is 54.1 Å². The van der Waals surface area contributed by atoms with Crippen LogP contribution in [0.5, 0.6) is 5.75 Å². The fourth-order valence-electron chi connectivity index (χ4n) is 2.13. The van der Waals surface area contributed by atoms with E-state index in [1.54, 1.807) is 12.1 Å². The highest BCUT2D eigenvalue weighted by Crippen LogP contribution is 2.16. The van der Waals surface area contributed by atoms with Gasteiger partial charge >= 0.3 is 0 Å². The Bertz CT molecular complexity index is 717. The van der Waals surface area contributed by atoms with E-state index < -0.39 is 0 Å². The van der Waals surface area contributed by atoms with Crippen molar-refractivity contribution in [1.29, 1.82) is 0 Å². The van der Waals surface area contributed by atoms with E-state index in [4.69, 9.17) is 4.74 Å². The third-order valence-electron chi connectivity index (χ3n) is 3.33. The van der Waals surface area contributed by atoms with Gasteiger partial charge in [0.05, 0.1) is 18.1 Å². The number of carbonyl (C=O) groups excluding carboxylic acids is 2. The van der Waals surface area contributed by atoms with Crippen molar-refractivity contribution < 1.29 is 14.3 Å². The molecule has 2 rings (SSSR count). The van der Waals surface area contributed by atoms with E-state index in [1.165, 1.54) is 11.8 Å². The highest BCUT2D eigenvalue weighted by molar-refractivity contribution is 8.00. The summed E-state index contributed by atoms with van der Waals surface area (Å²) in [5, 5.41) is 5.64. The number of amides is 2. The smallest absolute Gasteiger partial charge is 0.234 e. The first-order valence-corrected chi connectivity index (χ1v) is 9.20. The number of nitrogens with one attached hydrogen (secondary N) is 2. The fraction of sp³-hybridized carbons (Fsp3) is 0.263. The highest BCUT2D eigenvalue weighted by Gasteiger charge is 2.07. The third kappa shape index (κ3) is 6.51. The van der Waals surface area contributed by atoms with Gasteiger partial charge in [-0.05, 0) is 49.7 Å². The first-order chi connectivity index (χ1) is 12.1. The number of carbonyl (C=O) groups is 2. The summed E-state index contributed by atoms with van der Waals surface area (Å²) in [5.41, 5.74) is 2.51. The molecule has 0 aliphatic heterocycles. The summed E-state index contributed by atoms with van der Waals surface area (Å²) >= 11 is 1.28. The molecule has 25 heavy (non-hydrogen) atoms. The van der Waals surface area contributed by atoms with Gasteiger partial charge in [-0.3, -0.25) is 9.59 Å². The number of benzene rings is 2. The minimum absolute atomic E-state index is 0.117. The van der Waals surface area contributed by atoms with Gasteiger partial charge in [-0.25, -0.2) is 0 Å². The lowest BCUT2D eigenvalue weighted by atomic mass is 10.2. The van der Waals surface area contributed by atoms with Crippen LogP contribution in [-0.2, 0) is 9.59 Å². The molecule has 0 aliphatic rings. The second-order valence-corrected chi connectivity index (χ2v) is 6.35. The molecule has 0 atom stereocenters. The fourth-order valence-corrected chi connectivity index (χ4v) is 2.75. The Kier molecular flexibility index (Phi) is 7.35. The number of hydrogen-bond acceptors (Lipinski definition) is 4. The Hall–Kier alpha value is -2.47. The second kappa shape index (κ2) is 9.74. The van der Waals surface area contributed by atoms with Gasteiger partial charge in [0.25, 0.3) is 0 Å². The second-order valence-electron chi connectivity index (χ2n) is 5.36. The third-order valence-corrected chi connectivity index (χ3v) is 4.27. The van der Waals surface area contributed by atoms with Crippen LogP contribution in [0.2, 0.25) is 0 Å². The molecule has 0 fully saturated rings. The molecule has 0 saturated heterocycles. The van der Waals surface area contributed by atoms with Gasteiger partial charge in [0.15, 0.2) is 0 Å². The summed E-state index contributed by atoms with van der Waals surface area (Å²) < 4.78 is 5.35. The predicted molar refractivity (Wildman–Crippen MR) is 103 cm³/mol. The molecule has 0 radical (unpaired) electrons. The largest absolute Gasteiger partial charge is 0.494 e. The van der Waals surface area contributed by atoms with Gasteiger partial charge in [0, 0.05) is 11.4 Å². The average Bonchev–Trinajstić information content (AvgIpc) is 2.59. The van der Waals surface area contributed by atoms with Gasteiger partial charge in [-0.1, -0.05) is 18.2 Å². The molecule has 6 heteroatoms. The number of ether oxygens (including phenoxy) is 1. The summed E-state index contributed by atoms with van der Waals surface area (Å²) in [6.45, 7) is 4.46. The number of para-hydroxylation sites is 1. The van der Waals surface area contributed by atoms with Crippen LogP contribution in [0.4, 0.5) is 11.4 Å². The van der Waals surface area contributed by atoms with Crippen molar-refractivity contribution in [2.75, 3.05) is 28.7 Å². The molecule has 0 saturated carbocycles. The number of rotatable bonds is 8. The molecule has 0 unspecified atom stereocenters. The highest BCUT2D eigenvalue weighted by atomic mass is 32.2. The van der Waals surface area contributed by atoms with Crippen molar-refractivity contribution in [3.8, 4) is 5.75 Å². The normalized spacial score (nSPS) is 10.2. The zero-order valence-electron chi connectivity index (χ0n) is 14.4.